The van der Waals surface area contributed by atoms with E-state index in [2.05, 4.69) is 0 Å². The minimum absolute atomic E-state index is 0.145. The van der Waals surface area contributed by atoms with Gasteiger partial charge in [0, 0.05) is 46.8 Å². The van der Waals surface area contributed by atoms with E-state index in [4.69, 9.17) is 34.8 Å². The van der Waals surface area contributed by atoms with Gasteiger partial charge < -0.3 is 4.90 Å². The van der Waals surface area contributed by atoms with Gasteiger partial charge in [0.15, 0.2) is 0 Å². The highest BCUT2D eigenvalue weighted by Gasteiger charge is 2.30. The van der Waals surface area contributed by atoms with E-state index >= 15 is 0 Å². The van der Waals surface area contributed by atoms with Gasteiger partial charge in [0.05, 0.1) is 4.90 Å². The van der Waals surface area contributed by atoms with Crippen molar-refractivity contribution in [2.75, 3.05) is 26.2 Å². The Morgan fingerprint density at radius 1 is 0.846 bits per heavy atom. The summed E-state index contributed by atoms with van der Waals surface area (Å²) in [7, 11) is -3.64. The van der Waals surface area contributed by atoms with E-state index in [1.54, 1.807) is 35.2 Å². The van der Waals surface area contributed by atoms with Gasteiger partial charge >= 0.3 is 0 Å². The predicted molar refractivity (Wildman–Crippen MR) is 103 cm³/mol. The van der Waals surface area contributed by atoms with Crippen molar-refractivity contribution in [3.8, 4) is 0 Å². The lowest BCUT2D eigenvalue weighted by Gasteiger charge is -2.34. The first kappa shape index (κ1) is 19.5. The Bertz CT molecular complexity index is 922. The monoisotopic (exact) mass is 432 g/mol. The van der Waals surface area contributed by atoms with Crippen LogP contribution in [0.5, 0.6) is 0 Å². The third-order valence-corrected chi connectivity index (χ3v) is 6.64. The summed E-state index contributed by atoms with van der Waals surface area (Å²) in [6.07, 6.45) is 0. The molecule has 0 aromatic heterocycles. The largest absolute Gasteiger partial charge is 0.336 e. The molecule has 9 heteroatoms. The maximum Gasteiger partial charge on any atom is 0.254 e. The lowest BCUT2D eigenvalue weighted by Crippen LogP contribution is -2.50. The van der Waals surface area contributed by atoms with Gasteiger partial charge in [-0.05, 0) is 36.4 Å². The number of sulfonamides is 1. The molecule has 1 heterocycles. The number of halogens is 3. The van der Waals surface area contributed by atoms with E-state index in [1.165, 1.54) is 16.4 Å². The highest BCUT2D eigenvalue weighted by Crippen LogP contribution is 2.23. The van der Waals surface area contributed by atoms with Crippen molar-refractivity contribution in [2.24, 2.45) is 0 Å². The smallest absolute Gasteiger partial charge is 0.254 e. The van der Waals surface area contributed by atoms with Crippen LogP contribution in [-0.2, 0) is 10.0 Å². The van der Waals surface area contributed by atoms with Crippen LogP contribution < -0.4 is 0 Å². The summed E-state index contributed by atoms with van der Waals surface area (Å²) in [4.78, 5) is 14.3. The van der Waals surface area contributed by atoms with Crippen molar-refractivity contribution in [2.45, 2.75) is 4.90 Å². The van der Waals surface area contributed by atoms with Crippen LogP contribution in [0.2, 0.25) is 15.1 Å². The third-order valence-electron chi connectivity index (χ3n) is 4.07. The van der Waals surface area contributed by atoms with Crippen molar-refractivity contribution in [3.63, 3.8) is 0 Å². The van der Waals surface area contributed by atoms with E-state index in [-0.39, 0.29) is 37.0 Å². The van der Waals surface area contributed by atoms with Crippen LogP contribution in [0.15, 0.2) is 47.4 Å². The van der Waals surface area contributed by atoms with Crippen molar-refractivity contribution in [1.82, 2.24) is 9.21 Å². The van der Waals surface area contributed by atoms with Crippen LogP contribution in [0.4, 0.5) is 0 Å². The fourth-order valence-corrected chi connectivity index (χ4v) is 5.02. The molecule has 0 N–H and O–H groups in total. The Kier molecular flexibility index (Phi) is 5.79. The maximum atomic E-state index is 12.7. The minimum Gasteiger partial charge on any atom is -0.336 e. The number of carbonyl (C=O) groups excluding carboxylic acids is 1. The first-order valence-corrected chi connectivity index (χ1v) is 10.4. The average Bonchev–Trinajstić information content (AvgIpc) is 2.60. The SMILES string of the molecule is O=C(c1cc(Cl)cc(Cl)c1)N1CCN(S(=O)(=O)c2cccc(Cl)c2)CC1. The van der Waals surface area contributed by atoms with Gasteiger partial charge in [-0.1, -0.05) is 40.9 Å². The molecule has 0 spiro atoms. The van der Waals surface area contributed by atoms with E-state index < -0.39 is 10.0 Å². The number of hydrogen-bond donors (Lipinski definition) is 0. The first-order chi connectivity index (χ1) is 12.3. The number of amides is 1. The molecule has 0 saturated carbocycles. The molecule has 138 valence electrons. The Labute approximate surface area is 167 Å². The zero-order chi connectivity index (χ0) is 18.9. The average molecular weight is 434 g/mol. The zero-order valence-electron chi connectivity index (χ0n) is 13.5. The summed E-state index contributed by atoms with van der Waals surface area (Å²) in [5.41, 5.74) is 0.383. The van der Waals surface area contributed by atoms with Gasteiger partial charge in [-0.25, -0.2) is 8.42 Å². The molecule has 26 heavy (non-hydrogen) atoms. The van der Waals surface area contributed by atoms with Gasteiger partial charge in [0.25, 0.3) is 5.91 Å². The molecule has 1 saturated heterocycles. The summed E-state index contributed by atoms with van der Waals surface area (Å²) in [5, 5.41) is 1.11. The number of hydrogen-bond acceptors (Lipinski definition) is 3. The van der Waals surface area contributed by atoms with Crippen molar-refractivity contribution in [1.29, 1.82) is 0 Å². The van der Waals surface area contributed by atoms with Gasteiger partial charge in [0.1, 0.15) is 0 Å². The number of benzene rings is 2. The second-order valence-corrected chi connectivity index (χ2v) is 9.06. The van der Waals surface area contributed by atoms with Gasteiger partial charge in [-0.3, -0.25) is 4.79 Å². The normalized spacial score (nSPS) is 15.9. The Morgan fingerprint density at radius 3 is 2.04 bits per heavy atom. The zero-order valence-corrected chi connectivity index (χ0v) is 16.6. The summed E-state index contributed by atoms with van der Waals surface area (Å²) < 4.78 is 26.8. The summed E-state index contributed by atoms with van der Waals surface area (Å²) in [6.45, 7) is 0.968. The highest BCUT2D eigenvalue weighted by atomic mass is 35.5. The topological polar surface area (TPSA) is 57.7 Å². The fraction of sp³-hybridized carbons (Fsp3) is 0.235. The van der Waals surface area contributed by atoms with E-state index in [9.17, 15) is 13.2 Å². The van der Waals surface area contributed by atoms with Gasteiger partial charge in [0.2, 0.25) is 10.0 Å². The highest BCUT2D eigenvalue weighted by molar-refractivity contribution is 7.89. The van der Waals surface area contributed by atoms with Crippen LogP contribution >= 0.6 is 34.8 Å². The number of piperazine rings is 1. The molecule has 3 rings (SSSR count). The standard InChI is InChI=1S/C17H15Cl3N2O3S/c18-13-2-1-3-16(11-13)26(24,25)22-6-4-21(5-7-22)17(23)12-8-14(19)10-15(20)9-12/h1-3,8-11H,4-7H2. The molecule has 1 aliphatic heterocycles. The predicted octanol–water partition coefficient (Wildman–Crippen LogP) is 3.79. The summed E-state index contributed by atoms with van der Waals surface area (Å²) >= 11 is 17.8. The Balaban J connectivity index is 1.72. The van der Waals surface area contributed by atoms with E-state index in [0.717, 1.165) is 0 Å². The van der Waals surface area contributed by atoms with E-state index in [0.29, 0.717) is 20.6 Å². The molecule has 2 aromatic carbocycles. The molecule has 0 bridgehead atoms. The van der Waals surface area contributed by atoms with Crippen molar-refractivity contribution >= 4 is 50.7 Å². The Hall–Kier alpha value is -1.31. The first-order valence-electron chi connectivity index (χ1n) is 7.78. The van der Waals surface area contributed by atoms with Gasteiger partial charge in [-0.15, -0.1) is 0 Å². The van der Waals surface area contributed by atoms with Crippen LogP contribution in [-0.4, -0.2) is 49.7 Å². The molecule has 1 aliphatic rings. The van der Waals surface area contributed by atoms with Crippen LogP contribution in [0.3, 0.4) is 0 Å². The van der Waals surface area contributed by atoms with E-state index in [1.807, 2.05) is 0 Å². The number of nitrogens with zero attached hydrogens (tertiary/aromatic N) is 2. The molecule has 0 radical (unpaired) electrons. The second kappa shape index (κ2) is 7.74. The molecule has 2 aromatic rings. The third kappa shape index (κ3) is 4.15. The molecular formula is C17H15Cl3N2O3S. The van der Waals surface area contributed by atoms with Crippen LogP contribution in [0, 0.1) is 0 Å². The lowest BCUT2D eigenvalue weighted by molar-refractivity contribution is 0.0698. The second-order valence-electron chi connectivity index (χ2n) is 5.81. The van der Waals surface area contributed by atoms with Crippen LogP contribution in [0.1, 0.15) is 10.4 Å². The van der Waals surface area contributed by atoms with Crippen molar-refractivity contribution < 1.29 is 13.2 Å². The number of carbonyl (C=O) groups is 1. The molecule has 0 unspecified atom stereocenters. The molecular weight excluding hydrogens is 419 g/mol. The molecule has 0 aliphatic carbocycles. The molecule has 1 amide bonds. The molecule has 1 fully saturated rings. The maximum absolute atomic E-state index is 12.7. The lowest BCUT2D eigenvalue weighted by atomic mass is 10.2. The molecule has 0 atom stereocenters. The van der Waals surface area contributed by atoms with Gasteiger partial charge in [-0.2, -0.15) is 4.31 Å². The Morgan fingerprint density at radius 2 is 1.46 bits per heavy atom. The fourth-order valence-electron chi connectivity index (χ4n) is 2.77. The van der Waals surface area contributed by atoms with Crippen molar-refractivity contribution in [3.05, 3.63) is 63.1 Å². The minimum atomic E-state index is -3.64. The quantitative estimate of drug-likeness (QED) is 0.740. The van der Waals surface area contributed by atoms with Crippen LogP contribution in [0.25, 0.3) is 0 Å². The summed E-state index contributed by atoms with van der Waals surface area (Å²) in [5.74, 6) is -0.228. The molecule has 5 nitrogen and oxygen atoms in total. The summed E-state index contributed by atoms with van der Waals surface area (Å²) in [6, 6.07) is 10.8. The number of rotatable bonds is 3.